The van der Waals surface area contributed by atoms with Crippen LogP contribution in [-0.2, 0) is 4.79 Å². The molecule has 1 atom stereocenters. The minimum atomic E-state index is -0.729. The Hall–Kier alpha value is -2.53. The molecule has 138 valence electrons. The molecule has 2 aromatic rings. The first-order chi connectivity index (χ1) is 12.5. The Morgan fingerprint density at radius 1 is 1.12 bits per heavy atom. The summed E-state index contributed by atoms with van der Waals surface area (Å²) in [5.74, 6) is -0.00275. The second kappa shape index (κ2) is 9.82. The summed E-state index contributed by atoms with van der Waals surface area (Å²) >= 11 is 5.84. The van der Waals surface area contributed by atoms with E-state index in [1.165, 1.54) is 0 Å². The molecule has 5 nitrogen and oxygen atoms in total. The fourth-order valence-corrected chi connectivity index (χ4v) is 2.40. The summed E-state index contributed by atoms with van der Waals surface area (Å²) in [6, 6.07) is 13.7. The molecule has 0 saturated heterocycles. The molecule has 0 unspecified atom stereocenters. The van der Waals surface area contributed by atoms with Crippen LogP contribution in [0.3, 0.4) is 0 Å². The van der Waals surface area contributed by atoms with Crippen LogP contribution in [0, 0.1) is 0 Å². The van der Waals surface area contributed by atoms with Gasteiger partial charge in [0.25, 0.3) is 11.8 Å². The molecule has 0 aromatic heterocycles. The molecule has 0 radical (unpaired) electrons. The first kappa shape index (κ1) is 19.8. The number of carbonyl (C=O) groups is 2. The molecule has 0 heterocycles. The minimum Gasteiger partial charge on any atom is -0.481 e. The van der Waals surface area contributed by atoms with Crippen LogP contribution in [0.2, 0.25) is 5.02 Å². The van der Waals surface area contributed by atoms with Crippen LogP contribution in [0.25, 0.3) is 0 Å². The number of para-hydroxylation sites is 1. The van der Waals surface area contributed by atoms with Crippen LogP contribution < -0.4 is 15.4 Å². The average molecular weight is 375 g/mol. The number of benzene rings is 2. The van der Waals surface area contributed by atoms with Gasteiger partial charge in [0.05, 0.1) is 11.3 Å². The van der Waals surface area contributed by atoms with Crippen LogP contribution in [0.5, 0.6) is 5.75 Å². The highest BCUT2D eigenvalue weighted by molar-refractivity contribution is 6.30. The van der Waals surface area contributed by atoms with E-state index in [1.807, 2.05) is 0 Å². The predicted molar refractivity (Wildman–Crippen MR) is 104 cm³/mol. The van der Waals surface area contributed by atoms with Gasteiger partial charge in [-0.2, -0.15) is 0 Å². The summed E-state index contributed by atoms with van der Waals surface area (Å²) in [6.07, 6.45) is 1.18. The number of ether oxygens (including phenoxy) is 1. The van der Waals surface area contributed by atoms with Crippen LogP contribution in [0.1, 0.15) is 37.0 Å². The second-order valence-corrected chi connectivity index (χ2v) is 6.29. The molecule has 0 aliphatic carbocycles. The van der Waals surface area contributed by atoms with Gasteiger partial charge < -0.3 is 15.4 Å². The Morgan fingerprint density at radius 2 is 1.81 bits per heavy atom. The Morgan fingerprint density at radius 3 is 2.50 bits per heavy atom. The molecular weight excluding hydrogens is 352 g/mol. The number of unbranched alkanes of at least 4 members (excludes halogenated alkanes) is 1. The van der Waals surface area contributed by atoms with Crippen LogP contribution in [0.15, 0.2) is 48.5 Å². The van der Waals surface area contributed by atoms with E-state index in [0.717, 1.165) is 12.8 Å². The number of hydrogen-bond donors (Lipinski definition) is 2. The lowest BCUT2D eigenvalue weighted by molar-refractivity contribution is -0.122. The van der Waals surface area contributed by atoms with E-state index >= 15 is 0 Å². The van der Waals surface area contributed by atoms with Gasteiger partial charge in [-0.15, -0.1) is 0 Å². The van der Waals surface area contributed by atoms with Crippen molar-refractivity contribution >= 4 is 29.1 Å². The first-order valence-electron chi connectivity index (χ1n) is 8.61. The molecular formula is C20H23ClN2O3. The van der Waals surface area contributed by atoms with E-state index in [2.05, 4.69) is 17.6 Å². The van der Waals surface area contributed by atoms with Crippen molar-refractivity contribution in [2.75, 3.05) is 11.9 Å². The lowest BCUT2D eigenvalue weighted by Crippen LogP contribution is -2.32. The summed E-state index contributed by atoms with van der Waals surface area (Å²) in [6.45, 7) is 4.31. The van der Waals surface area contributed by atoms with Crippen LogP contribution in [-0.4, -0.2) is 24.5 Å². The summed E-state index contributed by atoms with van der Waals surface area (Å²) < 4.78 is 5.61. The average Bonchev–Trinajstić information content (AvgIpc) is 2.64. The van der Waals surface area contributed by atoms with E-state index in [1.54, 1.807) is 55.5 Å². The van der Waals surface area contributed by atoms with Crippen LogP contribution in [0.4, 0.5) is 5.69 Å². The van der Waals surface area contributed by atoms with E-state index in [0.29, 0.717) is 28.6 Å². The molecule has 0 saturated carbocycles. The maximum Gasteiger partial charge on any atom is 0.265 e. The topological polar surface area (TPSA) is 67.4 Å². The zero-order valence-electron chi connectivity index (χ0n) is 14.9. The van der Waals surface area contributed by atoms with Crippen molar-refractivity contribution in [3.63, 3.8) is 0 Å². The standard InChI is InChI=1S/C20H23ClN2O3/c1-3-4-13-22-20(25)17-7-5-6-8-18(17)23-19(24)14(2)26-16-11-9-15(21)10-12-16/h5-12,14H,3-4,13H2,1-2H3,(H,22,25)(H,23,24)/t14-/m0/s1. The van der Waals surface area contributed by atoms with Crippen molar-refractivity contribution in [3.8, 4) is 5.75 Å². The maximum absolute atomic E-state index is 12.4. The molecule has 0 aliphatic rings. The van der Waals surface area contributed by atoms with Crippen molar-refractivity contribution in [2.24, 2.45) is 0 Å². The fourth-order valence-electron chi connectivity index (χ4n) is 2.27. The highest BCUT2D eigenvalue weighted by Gasteiger charge is 2.18. The number of rotatable bonds is 8. The summed E-state index contributed by atoms with van der Waals surface area (Å²) in [5, 5.41) is 6.21. The molecule has 0 spiro atoms. The molecule has 2 rings (SSSR count). The van der Waals surface area contributed by atoms with E-state index in [9.17, 15) is 9.59 Å². The van der Waals surface area contributed by atoms with Crippen LogP contribution >= 0.6 is 11.6 Å². The maximum atomic E-state index is 12.4. The zero-order valence-corrected chi connectivity index (χ0v) is 15.7. The summed E-state index contributed by atoms with van der Waals surface area (Å²) in [7, 11) is 0. The smallest absolute Gasteiger partial charge is 0.265 e. The van der Waals surface area contributed by atoms with E-state index in [-0.39, 0.29) is 11.8 Å². The van der Waals surface area contributed by atoms with Crippen molar-refractivity contribution in [1.29, 1.82) is 0 Å². The van der Waals surface area contributed by atoms with Crippen molar-refractivity contribution < 1.29 is 14.3 Å². The van der Waals surface area contributed by atoms with Crippen molar-refractivity contribution in [2.45, 2.75) is 32.8 Å². The molecule has 2 aromatic carbocycles. The first-order valence-corrected chi connectivity index (χ1v) is 8.99. The third kappa shape index (κ3) is 5.77. The Balaban J connectivity index is 2.01. The van der Waals surface area contributed by atoms with Gasteiger partial charge >= 0.3 is 0 Å². The quantitative estimate of drug-likeness (QED) is 0.678. The third-order valence-electron chi connectivity index (χ3n) is 3.74. The van der Waals surface area contributed by atoms with Gasteiger partial charge in [0.15, 0.2) is 6.10 Å². The lowest BCUT2D eigenvalue weighted by Gasteiger charge is -2.16. The number of nitrogens with one attached hydrogen (secondary N) is 2. The van der Waals surface area contributed by atoms with Gasteiger partial charge in [-0.3, -0.25) is 9.59 Å². The number of amides is 2. The molecule has 26 heavy (non-hydrogen) atoms. The molecule has 0 bridgehead atoms. The Bertz CT molecular complexity index is 747. The van der Waals surface area contributed by atoms with Gasteiger partial charge in [-0.05, 0) is 49.7 Å². The monoisotopic (exact) mass is 374 g/mol. The van der Waals surface area contributed by atoms with Gasteiger partial charge in [-0.25, -0.2) is 0 Å². The predicted octanol–water partition coefficient (Wildman–Crippen LogP) is 4.28. The molecule has 2 N–H and O–H groups in total. The SMILES string of the molecule is CCCCNC(=O)c1ccccc1NC(=O)[C@H](C)Oc1ccc(Cl)cc1. The highest BCUT2D eigenvalue weighted by Crippen LogP contribution is 2.19. The molecule has 2 amide bonds. The van der Waals surface area contributed by atoms with Crippen molar-refractivity contribution in [3.05, 3.63) is 59.1 Å². The minimum absolute atomic E-state index is 0.208. The highest BCUT2D eigenvalue weighted by atomic mass is 35.5. The second-order valence-electron chi connectivity index (χ2n) is 5.86. The largest absolute Gasteiger partial charge is 0.481 e. The van der Waals surface area contributed by atoms with E-state index in [4.69, 9.17) is 16.3 Å². The van der Waals surface area contributed by atoms with Gasteiger partial charge in [-0.1, -0.05) is 37.1 Å². The van der Waals surface area contributed by atoms with Gasteiger partial charge in [0, 0.05) is 11.6 Å². The number of hydrogen-bond acceptors (Lipinski definition) is 3. The van der Waals surface area contributed by atoms with Crippen molar-refractivity contribution in [1.82, 2.24) is 5.32 Å². The number of halogens is 1. The normalized spacial score (nSPS) is 11.5. The van der Waals surface area contributed by atoms with E-state index < -0.39 is 6.10 Å². The van der Waals surface area contributed by atoms with Gasteiger partial charge in [0.1, 0.15) is 5.75 Å². The number of anilines is 1. The summed E-state index contributed by atoms with van der Waals surface area (Å²) in [5.41, 5.74) is 0.883. The number of carbonyl (C=O) groups excluding carboxylic acids is 2. The fraction of sp³-hybridized carbons (Fsp3) is 0.300. The molecule has 0 fully saturated rings. The molecule has 6 heteroatoms. The Labute approximate surface area is 158 Å². The zero-order chi connectivity index (χ0) is 18.9. The third-order valence-corrected chi connectivity index (χ3v) is 3.99. The summed E-state index contributed by atoms with van der Waals surface area (Å²) in [4.78, 5) is 24.7. The Kier molecular flexibility index (Phi) is 7.48. The molecule has 0 aliphatic heterocycles. The van der Waals surface area contributed by atoms with Gasteiger partial charge in [0.2, 0.25) is 0 Å². The lowest BCUT2D eigenvalue weighted by atomic mass is 10.1.